The Bertz CT molecular complexity index is 759. The molecule has 1 saturated heterocycles. The van der Waals surface area contributed by atoms with Gasteiger partial charge in [0.2, 0.25) is 5.91 Å². The Hall–Kier alpha value is -0.930. The van der Waals surface area contributed by atoms with E-state index in [-0.39, 0.29) is 30.3 Å². The summed E-state index contributed by atoms with van der Waals surface area (Å²) in [5.41, 5.74) is 0.600. The van der Waals surface area contributed by atoms with E-state index in [2.05, 4.69) is 15.9 Å². The largest absolute Gasteiger partial charge is 0.340 e. The van der Waals surface area contributed by atoms with E-state index in [4.69, 9.17) is 0 Å². The van der Waals surface area contributed by atoms with Gasteiger partial charge in [0.05, 0.1) is 17.3 Å². The normalized spacial score (nSPS) is 18.1. The summed E-state index contributed by atoms with van der Waals surface area (Å²) in [4.78, 5) is 13.3. The molecule has 1 aliphatic rings. The van der Waals surface area contributed by atoms with Gasteiger partial charge in [0.1, 0.15) is 5.75 Å². The molecule has 2 rings (SSSR count). The molecule has 22 heavy (non-hydrogen) atoms. The van der Waals surface area contributed by atoms with E-state index in [0.29, 0.717) is 5.56 Å². The van der Waals surface area contributed by atoms with Crippen LogP contribution in [0.15, 0.2) is 28.7 Å². The fourth-order valence-electron chi connectivity index (χ4n) is 2.17. The van der Waals surface area contributed by atoms with Crippen molar-refractivity contribution >= 4 is 41.5 Å². The third-order valence-corrected chi connectivity index (χ3v) is 6.88. The van der Waals surface area contributed by atoms with E-state index in [1.807, 2.05) is 0 Å². The number of nitrogens with zero attached hydrogens (tertiary/aromatic N) is 1. The van der Waals surface area contributed by atoms with Gasteiger partial charge >= 0.3 is 0 Å². The molecular formula is C13H16BrNO5S2. The topological polar surface area (TPSA) is 88.6 Å². The van der Waals surface area contributed by atoms with E-state index in [1.165, 1.54) is 4.90 Å². The lowest BCUT2D eigenvalue weighted by Crippen LogP contribution is -2.45. The molecule has 0 atom stereocenters. The van der Waals surface area contributed by atoms with Gasteiger partial charge in [-0.15, -0.1) is 0 Å². The predicted molar refractivity (Wildman–Crippen MR) is 86.9 cm³/mol. The number of hydrogen-bond acceptors (Lipinski definition) is 5. The van der Waals surface area contributed by atoms with Gasteiger partial charge in [0, 0.05) is 17.6 Å². The summed E-state index contributed by atoms with van der Waals surface area (Å²) in [5.74, 6) is -1.57. The number of carbonyl (C=O) groups excluding carboxylic acids is 1. The van der Waals surface area contributed by atoms with Crippen molar-refractivity contribution in [1.29, 1.82) is 0 Å². The Morgan fingerprint density at radius 3 is 2.45 bits per heavy atom. The minimum absolute atomic E-state index is 0.0631. The van der Waals surface area contributed by atoms with Crippen LogP contribution in [-0.2, 0) is 30.2 Å². The maximum atomic E-state index is 12.1. The monoisotopic (exact) mass is 409 g/mol. The van der Waals surface area contributed by atoms with Gasteiger partial charge in [0.25, 0.3) is 0 Å². The van der Waals surface area contributed by atoms with Crippen LogP contribution in [-0.4, -0.2) is 58.0 Å². The van der Waals surface area contributed by atoms with Crippen molar-refractivity contribution in [3.05, 3.63) is 34.3 Å². The highest BCUT2D eigenvalue weighted by molar-refractivity contribution is 9.10. The van der Waals surface area contributed by atoms with Gasteiger partial charge < -0.3 is 4.90 Å². The van der Waals surface area contributed by atoms with Crippen molar-refractivity contribution in [2.45, 2.75) is 5.75 Å². The Kier molecular flexibility index (Phi) is 5.29. The van der Waals surface area contributed by atoms with Crippen LogP contribution in [0.1, 0.15) is 5.56 Å². The second-order valence-electron chi connectivity index (χ2n) is 5.19. The first kappa shape index (κ1) is 17.4. The highest BCUT2D eigenvalue weighted by Crippen LogP contribution is 2.15. The van der Waals surface area contributed by atoms with Gasteiger partial charge in [-0.2, -0.15) is 0 Å². The predicted octanol–water partition coefficient (Wildman–Crippen LogP) is 0.621. The summed E-state index contributed by atoms with van der Waals surface area (Å²) in [6, 6.07) is 6.89. The molecule has 0 N–H and O–H groups in total. The lowest BCUT2D eigenvalue weighted by Gasteiger charge is -2.26. The Morgan fingerprint density at radius 2 is 1.86 bits per heavy atom. The van der Waals surface area contributed by atoms with Crippen LogP contribution in [0.5, 0.6) is 0 Å². The zero-order valence-electron chi connectivity index (χ0n) is 11.7. The van der Waals surface area contributed by atoms with Crippen LogP contribution in [0, 0.1) is 0 Å². The van der Waals surface area contributed by atoms with Gasteiger partial charge in [0.15, 0.2) is 19.7 Å². The van der Waals surface area contributed by atoms with Crippen LogP contribution in [0.4, 0.5) is 0 Å². The maximum Gasteiger partial charge on any atom is 0.237 e. The molecule has 1 aromatic carbocycles. The summed E-state index contributed by atoms with van der Waals surface area (Å²) in [6.07, 6.45) is 0. The van der Waals surface area contributed by atoms with E-state index in [1.54, 1.807) is 24.3 Å². The van der Waals surface area contributed by atoms with Crippen molar-refractivity contribution in [1.82, 2.24) is 4.90 Å². The highest BCUT2D eigenvalue weighted by atomic mass is 79.9. The smallest absolute Gasteiger partial charge is 0.237 e. The number of sulfone groups is 2. The van der Waals surface area contributed by atoms with Crippen molar-refractivity contribution in [3.8, 4) is 0 Å². The summed E-state index contributed by atoms with van der Waals surface area (Å²) in [5, 5.41) is 0. The zero-order chi connectivity index (χ0) is 16.4. The molecule has 1 amide bonds. The number of rotatable bonds is 4. The van der Waals surface area contributed by atoms with Crippen molar-refractivity contribution < 1.29 is 21.6 Å². The maximum absolute atomic E-state index is 12.1. The molecule has 0 aliphatic carbocycles. The number of amides is 1. The third-order valence-electron chi connectivity index (χ3n) is 3.32. The second-order valence-corrected chi connectivity index (χ2v) is 10.5. The fraction of sp³-hybridized carbons (Fsp3) is 0.462. The minimum atomic E-state index is -3.59. The summed E-state index contributed by atoms with van der Waals surface area (Å²) < 4.78 is 47.6. The van der Waals surface area contributed by atoms with Crippen LogP contribution < -0.4 is 0 Å². The quantitative estimate of drug-likeness (QED) is 0.726. The lowest BCUT2D eigenvalue weighted by molar-refractivity contribution is -0.128. The van der Waals surface area contributed by atoms with Crippen LogP contribution in [0.2, 0.25) is 0 Å². The van der Waals surface area contributed by atoms with E-state index in [9.17, 15) is 21.6 Å². The zero-order valence-corrected chi connectivity index (χ0v) is 15.0. The van der Waals surface area contributed by atoms with Crippen LogP contribution >= 0.6 is 15.9 Å². The summed E-state index contributed by atoms with van der Waals surface area (Å²) in [7, 11) is -6.68. The number of halogens is 1. The number of carbonyl (C=O) groups is 1. The van der Waals surface area contributed by atoms with Crippen molar-refractivity contribution in [3.63, 3.8) is 0 Å². The molecule has 0 aromatic heterocycles. The first-order chi connectivity index (χ1) is 10.2. The average Bonchev–Trinajstić information content (AvgIpc) is 2.37. The van der Waals surface area contributed by atoms with Crippen LogP contribution in [0.3, 0.4) is 0 Å². The van der Waals surface area contributed by atoms with Crippen molar-refractivity contribution in [2.75, 3.05) is 30.3 Å². The van der Waals surface area contributed by atoms with E-state index in [0.717, 1.165) is 4.47 Å². The molecule has 1 aromatic rings. The first-order valence-corrected chi connectivity index (χ1v) is 11.0. The lowest BCUT2D eigenvalue weighted by atomic mass is 10.2. The molecule has 9 heteroatoms. The van der Waals surface area contributed by atoms with E-state index >= 15 is 0 Å². The molecule has 1 heterocycles. The third kappa shape index (κ3) is 5.06. The molecule has 0 saturated carbocycles. The Morgan fingerprint density at radius 1 is 1.23 bits per heavy atom. The summed E-state index contributed by atoms with van der Waals surface area (Å²) in [6.45, 7) is 0.126. The average molecular weight is 410 g/mol. The van der Waals surface area contributed by atoms with Crippen molar-refractivity contribution in [2.24, 2.45) is 0 Å². The molecule has 0 bridgehead atoms. The van der Waals surface area contributed by atoms with Gasteiger partial charge in [-0.25, -0.2) is 16.8 Å². The minimum Gasteiger partial charge on any atom is -0.340 e. The molecule has 1 fully saturated rings. The molecule has 122 valence electrons. The fourth-order valence-corrected chi connectivity index (χ4v) is 5.17. The molecule has 0 spiro atoms. The standard InChI is InChI=1S/C13H16BrNO5S2/c14-12-3-1-2-11(8-12)9-22(19,20)10-13(16)15-4-6-21(17,18)7-5-15/h1-3,8H,4-7,9-10H2. The second kappa shape index (κ2) is 6.67. The molecule has 1 aliphatic heterocycles. The Labute approximate surface area is 138 Å². The number of benzene rings is 1. The van der Waals surface area contributed by atoms with Gasteiger partial charge in [-0.05, 0) is 17.7 Å². The molecule has 6 nitrogen and oxygen atoms in total. The summed E-state index contributed by atoms with van der Waals surface area (Å²) >= 11 is 3.27. The van der Waals surface area contributed by atoms with E-state index < -0.39 is 31.3 Å². The van der Waals surface area contributed by atoms with Gasteiger partial charge in [-0.1, -0.05) is 28.1 Å². The van der Waals surface area contributed by atoms with Gasteiger partial charge in [-0.3, -0.25) is 4.79 Å². The molecular weight excluding hydrogens is 394 g/mol. The first-order valence-electron chi connectivity index (χ1n) is 6.60. The Balaban J connectivity index is 1.98. The molecule has 0 radical (unpaired) electrons. The SMILES string of the molecule is O=C(CS(=O)(=O)Cc1cccc(Br)c1)N1CCS(=O)(=O)CC1. The number of hydrogen-bond donors (Lipinski definition) is 0. The molecule has 0 unspecified atom stereocenters. The highest BCUT2D eigenvalue weighted by Gasteiger charge is 2.28. The van der Waals surface area contributed by atoms with Crippen LogP contribution in [0.25, 0.3) is 0 Å².